The number of guanidine groups is 1. The summed E-state index contributed by atoms with van der Waals surface area (Å²) in [5, 5.41) is 17.3. The van der Waals surface area contributed by atoms with Gasteiger partial charge in [-0.25, -0.2) is 9.98 Å². The minimum Gasteiger partial charge on any atom is -0.393 e. The van der Waals surface area contributed by atoms with Gasteiger partial charge in [-0.15, -0.1) is 11.3 Å². The lowest BCUT2D eigenvalue weighted by Crippen LogP contribution is -2.41. The van der Waals surface area contributed by atoms with Crippen LogP contribution in [0.25, 0.3) is 0 Å². The Morgan fingerprint density at radius 3 is 2.78 bits per heavy atom. The molecule has 0 saturated heterocycles. The van der Waals surface area contributed by atoms with E-state index in [1.165, 1.54) is 0 Å². The van der Waals surface area contributed by atoms with Gasteiger partial charge in [-0.2, -0.15) is 13.2 Å². The Labute approximate surface area is 137 Å². The average molecular weight is 350 g/mol. The Balaban J connectivity index is 1.91. The molecule has 1 aliphatic rings. The number of nitrogens with zero attached hydrogens (tertiary/aromatic N) is 2. The van der Waals surface area contributed by atoms with Crippen molar-refractivity contribution in [3.8, 4) is 0 Å². The number of aliphatic imine (C=N–C) groups is 1. The van der Waals surface area contributed by atoms with Crippen LogP contribution >= 0.6 is 11.3 Å². The fraction of sp³-hybridized carbons (Fsp3) is 0.714. The van der Waals surface area contributed by atoms with E-state index in [-0.39, 0.29) is 18.6 Å². The number of aromatic nitrogens is 1. The van der Waals surface area contributed by atoms with E-state index in [4.69, 9.17) is 0 Å². The molecule has 1 saturated carbocycles. The molecule has 1 fully saturated rings. The molecule has 0 amide bonds. The molecule has 0 bridgehead atoms. The maximum Gasteiger partial charge on any atom is 0.434 e. The number of aliphatic hydroxyl groups excluding tert-OH is 1. The zero-order chi connectivity index (χ0) is 16.9. The molecule has 1 aromatic rings. The van der Waals surface area contributed by atoms with Gasteiger partial charge < -0.3 is 15.7 Å². The third-order valence-corrected chi connectivity index (χ3v) is 4.54. The Bertz CT molecular complexity index is 532. The van der Waals surface area contributed by atoms with Crippen molar-refractivity contribution < 1.29 is 18.3 Å². The summed E-state index contributed by atoms with van der Waals surface area (Å²) < 4.78 is 37.5. The summed E-state index contributed by atoms with van der Waals surface area (Å²) in [6, 6.07) is 0. The highest BCUT2D eigenvalue weighted by atomic mass is 32.1. The van der Waals surface area contributed by atoms with Crippen LogP contribution in [0.5, 0.6) is 0 Å². The van der Waals surface area contributed by atoms with Gasteiger partial charge in [0.1, 0.15) is 5.01 Å². The van der Waals surface area contributed by atoms with Crippen LogP contribution in [-0.2, 0) is 12.7 Å². The number of thiazole rings is 1. The highest BCUT2D eigenvalue weighted by Gasteiger charge is 2.33. The molecular formula is C14H21F3N4OS. The molecule has 0 radical (unpaired) electrons. The molecule has 2 rings (SSSR count). The molecule has 5 nitrogen and oxygen atoms in total. The van der Waals surface area contributed by atoms with Gasteiger partial charge in [0.2, 0.25) is 0 Å². The number of halogens is 3. The molecular weight excluding hydrogens is 329 g/mol. The summed E-state index contributed by atoms with van der Waals surface area (Å²) >= 11 is 0.947. The monoisotopic (exact) mass is 350 g/mol. The van der Waals surface area contributed by atoms with Crippen LogP contribution in [0.3, 0.4) is 0 Å². The second-order valence-corrected chi connectivity index (χ2v) is 6.40. The quantitative estimate of drug-likeness (QED) is 0.563. The standard InChI is InChI=1S/C14H21F3N4OS/c1-2-18-13(19-6-9-4-3-5-10(9)22)20-7-12-21-11(8-23-12)14(15,16)17/h8-10,22H,2-7H2,1H3,(H2,18,19,20). The summed E-state index contributed by atoms with van der Waals surface area (Å²) in [6.07, 6.45) is -1.91. The summed E-state index contributed by atoms with van der Waals surface area (Å²) in [5.41, 5.74) is -0.875. The number of hydrogen-bond donors (Lipinski definition) is 3. The molecule has 23 heavy (non-hydrogen) atoms. The molecule has 0 aromatic carbocycles. The molecule has 2 atom stereocenters. The van der Waals surface area contributed by atoms with Crippen LogP contribution in [0.15, 0.2) is 10.4 Å². The molecule has 0 spiro atoms. The van der Waals surface area contributed by atoms with Crippen molar-refractivity contribution in [2.45, 2.75) is 45.0 Å². The number of nitrogens with one attached hydrogen (secondary N) is 2. The van der Waals surface area contributed by atoms with Crippen molar-refractivity contribution in [2.24, 2.45) is 10.9 Å². The fourth-order valence-corrected chi connectivity index (χ4v) is 3.21. The van der Waals surface area contributed by atoms with E-state index < -0.39 is 11.9 Å². The van der Waals surface area contributed by atoms with Crippen LogP contribution in [0.1, 0.15) is 36.9 Å². The highest BCUT2D eigenvalue weighted by molar-refractivity contribution is 7.09. The van der Waals surface area contributed by atoms with Crippen LogP contribution in [0.4, 0.5) is 13.2 Å². The first-order chi connectivity index (χ1) is 10.9. The molecule has 9 heteroatoms. The molecule has 1 aromatic heterocycles. The highest BCUT2D eigenvalue weighted by Crippen LogP contribution is 2.30. The second kappa shape index (κ2) is 7.96. The average Bonchev–Trinajstić information content (AvgIpc) is 3.10. The summed E-state index contributed by atoms with van der Waals surface area (Å²) in [6.45, 7) is 3.24. The largest absolute Gasteiger partial charge is 0.434 e. The van der Waals surface area contributed by atoms with Gasteiger partial charge in [-0.05, 0) is 19.8 Å². The first-order valence-corrected chi connectivity index (χ1v) is 8.50. The van der Waals surface area contributed by atoms with E-state index in [1.54, 1.807) is 0 Å². The minimum atomic E-state index is -4.42. The lowest BCUT2D eigenvalue weighted by molar-refractivity contribution is -0.140. The molecule has 2 unspecified atom stereocenters. The first-order valence-electron chi connectivity index (χ1n) is 7.62. The van der Waals surface area contributed by atoms with Gasteiger partial charge >= 0.3 is 6.18 Å². The van der Waals surface area contributed by atoms with Crippen LogP contribution < -0.4 is 10.6 Å². The molecule has 0 aliphatic heterocycles. The summed E-state index contributed by atoms with van der Waals surface area (Å²) in [4.78, 5) is 7.81. The van der Waals surface area contributed by atoms with Gasteiger partial charge in [-0.3, -0.25) is 0 Å². The minimum absolute atomic E-state index is 0.0866. The van der Waals surface area contributed by atoms with E-state index in [1.807, 2.05) is 6.92 Å². The smallest absolute Gasteiger partial charge is 0.393 e. The van der Waals surface area contributed by atoms with E-state index in [0.717, 1.165) is 36.0 Å². The van der Waals surface area contributed by atoms with Gasteiger partial charge in [0.05, 0.1) is 12.6 Å². The maximum atomic E-state index is 12.5. The third-order valence-electron chi connectivity index (χ3n) is 3.71. The number of alkyl halides is 3. The lowest BCUT2D eigenvalue weighted by atomic mass is 10.1. The van der Waals surface area contributed by atoms with E-state index >= 15 is 0 Å². The second-order valence-electron chi connectivity index (χ2n) is 5.46. The van der Waals surface area contributed by atoms with Crippen molar-refractivity contribution in [3.63, 3.8) is 0 Å². The van der Waals surface area contributed by atoms with Crippen molar-refractivity contribution in [3.05, 3.63) is 16.1 Å². The van der Waals surface area contributed by atoms with Gasteiger partial charge in [0.15, 0.2) is 11.7 Å². The molecule has 130 valence electrons. The van der Waals surface area contributed by atoms with Crippen LogP contribution in [0, 0.1) is 5.92 Å². The van der Waals surface area contributed by atoms with Gasteiger partial charge in [0, 0.05) is 24.4 Å². The first kappa shape index (κ1) is 18.0. The van der Waals surface area contributed by atoms with Crippen molar-refractivity contribution in [2.75, 3.05) is 13.1 Å². The van der Waals surface area contributed by atoms with E-state index in [9.17, 15) is 18.3 Å². The lowest BCUT2D eigenvalue weighted by Gasteiger charge is -2.17. The summed E-state index contributed by atoms with van der Waals surface area (Å²) in [5.74, 6) is 0.714. The molecule has 1 heterocycles. The van der Waals surface area contributed by atoms with Gasteiger partial charge in [0.25, 0.3) is 0 Å². The number of aliphatic hydroxyl groups is 1. The maximum absolute atomic E-state index is 12.5. The zero-order valence-electron chi connectivity index (χ0n) is 12.9. The van der Waals surface area contributed by atoms with E-state index in [2.05, 4.69) is 20.6 Å². The topological polar surface area (TPSA) is 69.5 Å². The van der Waals surface area contributed by atoms with E-state index in [0.29, 0.717) is 24.1 Å². The zero-order valence-corrected chi connectivity index (χ0v) is 13.7. The van der Waals surface area contributed by atoms with Crippen LogP contribution in [0.2, 0.25) is 0 Å². The Morgan fingerprint density at radius 2 is 2.22 bits per heavy atom. The fourth-order valence-electron chi connectivity index (χ4n) is 2.49. The van der Waals surface area contributed by atoms with Crippen molar-refractivity contribution >= 4 is 17.3 Å². The van der Waals surface area contributed by atoms with Crippen molar-refractivity contribution in [1.29, 1.82) is 0 Å². The molecule has 1 aliphatic carbocycles. The third kappa shape index (κ3) is 5.35. The number of hydrogen-bond acceptors (Lipinski definition) is 4. The number of rotatable bonds is 5. The Morgan fingerprint density at radius 1 is 1.43 bits per heavy atom. The normalized spacial score (nSPS) is 22.4. The van der Waals surface area contributed by atoms with Crippen LogP contribution in [-0.4, -0.2) is 35.2 Å². The predicted molar refractivity (Wildman–Crippen MR) is 83.3 cm³/mol. The summed E-state index contributed by atoms with van der Waals surface area (Å²) in [7, 11) is 0. The predicted octanol–water partition coefficient (Wildman–Crippen LogP) is 2.38. The Kier molecular flexibility index (Phi) is 6.23. The van der Waals surface area contributed by atoms with Crippen molar-refractivity contribution in [1.82, 2.24) is 15.6 Å². The SMILES string of the molecule is CCNC(=NCc1nc(C(F)(F)F)cs1)NCC1CCCC1O. The Hall–Kier alpha value is -1.35. The van der Waals surface area contributed by atoms with Gasteiger partial charge in [-0.1, -0.05) is 6.42 Å². The molecule has 3 N–H and O–H groups in total.